The van der Waals surface area contributed by atoms with E-state index in [0.29, 0.717) is 27.9 Å². The predicted octanol–water partition coefficient (Wildman–Crippen LogP) is 3.49. The number of hydrogen-bond donors (Lipinski definition) is 2. The number of carbonyl (C=O) groups is 1. The number of aromatic nitrogens is 1. The highest BCUT2D eigenvalue weighted by Crippen LogP contribution is 2.28. The monoisotopic (exact) mass is 324 g/mol. The molecule has 0 aliphatic heterocycles. The molecule has 2 N–H and O–H groups in total. The Balaban J connectivity index is 2.26. The predicted molar refractivity (Wildman–Crippen MR) is 90.0 cm³/mol. The first-order valence-electron chi connectivity index (χ1n) is 7.44. The lowest BCUT2D eigenvalue weighted by Gasteiger charge is -2.15. The number of nitrogens with one attached hydrogen (secondary N) is 1. The number of benzene rings is 1. The van der Waals surface area contributed by atoms with Gasteiger partial charge in [0.15, 0.2) is 5.43 Å². The van der Waals surface area contributed by atoms with Crippen LogP contribution in [0.15, 0.2) is 51.9 Å². The minimum Gasteiger partial charge on any atom is -0.465 e. The molecule has 0 fully saturated rings. The van der Waals surface area contributed by atoms with Crippen LogP contribution in [0.1, 0.15) is 24.1 Å². The maximum atomic E-state index is 12.5. The second-order valence-electron chi connectivity index (χ2n) is 5.62. The first kappa shape index (κ1) is 15.7. The van der Waals surface area contributed by atoms with Crippen LogP contribution < -0.4 is 10.7 Å². The standard InChI is InChI=1S/C18H16N2O4/c1-10-6-13(11(2)20-18(22)23)17-14(7-10)15(21)8-16(24-17)12-4-3-5-19-9-12/h3-9,11,20H,1-2H3,(H,22,23). The van der Waals surface area contributed by atoms with Gasteiger partial charge >= 0.3 is 6.09 Å². The molecule has 0 aliphatic rings. The molecule has 0 aliphatic carbocycles. The number of aryl methyl sites for hydroxylation is 1. The van der Waals surface area contributed by atoms with Crippen molar-refractivity contribution in [2.75, 3.05) is 0 Å². The number of hydrogen-bond acceptors (Lipinski definition) is 4. The third-order valence-electron chi connectivity index (χ3n) is 3.75. The van der Waals surface area contributed by atoms with Gasteiger partial charge in [0.2, 0.25) is 0 Å². The minimum absolute atomic E-state index is 0.178. The van der Waals surface area contributed by atoms with E-state index in [1.807, 2.05) is 13.0 Å². The van der Waals surface area contributed by atoms with Crippen LogP contribution in [0.5, 0.6) is 0 Å². The Labute approximate surface area is 137 Å². The molecule has 2 heterocycles. The first-order chi connectivity index (χ1) is 11.5. The van der Waals surface area contributed by atoms with Gasteiger partial charge in [0.1, 0.15) is 11.3 Å². The molecule has 3 aromatic rings. The number of rotatable bonds is 3. The van der Waals surface area contributed by atoms with Gasteiger partial charge in [0, 0.05) is 29.6 Å². The van der Waals surface area contributed by atoms with Crippen LogP contribution in [0.2, 0.25) is 0 Å². The normalized spacial score (nSPS) is 12.1. The second kappa shape index (κ2) is 6.16. The van der Waals surface area contributed by atoms with Gasteiger partial charge in [-0.05, 0) is 37.6 Å². The largest absolute Gasteiger partial charge is 0.465 e. The van der Waals surface area contributed by atoms with Gasteiger partial charge in [-0.15, -0.1) is 0 Å². The smallest absolute Gasteiger partial charge is 0.405 e. The summed E-state index contributed by atoms with van der Waals surface area (Å²) in [4.78, 5) is 27.5. The summed E-state index contributed by atoms with van der Waals surface area (Å²) in [5.74, 6) is 0.397. The third-order valence-corrected chi connectivity index (χ3v) is 3.75. The molecular weight excluding hydrogens is 308 g/mol. The molecule has 1 amide bonds. The lowest BCUT2D eigenvalue weighted by molar-refractivity contribution is 0.191. The molecule has 0 bridgehead atoms. The Morgan fingerprint density at radius 3 is 2.79 bits per heavy atom. The van der Waals surface area contributed by atoms with E-state index in [1.165, 1.54) is 6.07 Å². The van der Waals surface area contributed by atoms with E-state index in [2.05, 4.69) is 10.3 Å². The molecule has 0 radical (unpaired) electrons. The summed E-state index contributed by atoms with van der Waals surface area (Å²) >= 11 is 0. The highest BCUT2D eigenvalue weighted by Gasteiger charge is 2.17. The summed E-state index contributed by atoms with van der Waals surface area (Å²) in [7, 11) is 0. The lowest BCUT2D eigenvalue weighted by Crippen LogP contribution is -2.25. The van der Waals surface area contributed by atoms with Gasteiger partial charge in [0.05, 0.1) is 11.4 Å². The van der Waals surface area contributed by atoms with Crippen molar-refractivity contribution in [3.63, 3.8) is 0 Å². The van der Waals surface area contributed by atoms with Crippen LogP contribution in [0.25, 0.3) is 22.3 Å². The molecule has 1 aromatic carbocycles. The zero-order valence-electron chi connectivity index (χ0n) is 13.2. The zero-order chi connectivity index (χ0) is 17.3. The van der Waals surface area contributed by atoms with E-state index in [-0.39, 0.29) is 5.43 Å². The van der Waals surface area contributed by atoms with Crippen LogP contribution in [-0.2, 0) is 0 Å². The number of pyridine rings is 1. The molecule has 0 spiro atoms. The Kier molecular flexibility index (Phi) is 4.04. The van der Waals surface area contributed by atoms with E-state index in [9.17, 15) is 9.59 Å². The van der Waals surface area contributed by atoms with Crippen molar-refractivity contribution in [3.8, 4) is 11.3 Å². The number of amides is 1. The van der Waals surface area contributed by atoms with Crippen molar-refractivity contribution < 1.29 is 14.3 Å². The Bertz CT molecular complexity index is 964. The van der Waals surface area contributed by atoms with E-state index in [0.717, 1.165) is 5.56 Å². The molecule has 6 heteroatoms. The number of nitrogens with zero attached hydrogens (tertiary/aromatic N) is 1. The zero-order valence-corrected chi connectivity index (χ0v) is 13.2. The average molecular weight is 324 g/mol. The summed E-state index contributed by atoms with van der Waals surface area (Å²) in [6, 6.07) is 8.02. The van der Waals surface area contributed by atoms with Gasteiger partial charge in [-0.3, -0.25) is 9.78 Å². The Morgan fingerprint density at radius 1 is 1.33 bits per heavy atom. The van der Waals surface area contributed by atoms with Crippen molar-refractivity contribution in [1.82, 2.24) is 10.3 Å². The fourth-order valence-electron chi connectivity index (χ4n) is 2.67. The van der Waals surface area contributed by atoms with Gasteiger partial charge in [-0.2, -0.15) is 0 Å². The first-order valence-corrected chi connectivity index (χ1v) is 7.44. The molecule has 24 heavy (non-hydrogen) atoms. The van der Waals surface area contributed by atoms with Crippen molar-refractivity contribution in [2.24, 2.45) is 0 Å². The van der Waals surface area contributed by atoms with Gasteiger partial charge in [0.25, 0.3) is 0 Å². The fourth-order valence-corrected chi connectivity index (χ4v) is 2.67. The summed E-state index contributed by atoms with van der Waals surface area (Å²) < 4.78 is 5.94. The van der Waals surface area contributed by atoms with Crippen molar-refractivity contribution >= 4 is 17.1 Å². The topological polar surface area (TPSA) is 92.4 Å². The number of carboxylic acid groups (broad SMARTS) is 1. The minimum atomic E-state index is -1.14. The summed E-state index contributed by atoms with van der Waals surface area (Å²) in [5.41, 5.74) is 2.37. The lowest BCUT2D eigenvalue weighted by atomic mass is 10.0. The maximum absolute atomic E-state index is 12.5. The number of fused-ring (bicyclic) bond motifs is 1. The van der Waals surface area contributed by atoms with Crippen LogP contribution in [0.4, 0.5) is 4.79 Å². The SMILES string of the molecule is Cc1cc(C(C)NC(=O)O)c2oc(-c3cccnc3)cc(=O)c2c1. The van der Waals surface area contributed by atoms with E-state index in [1.54, 1.807) is 37.5 Å². The molecule has 1 unspecified atom stereocenters. The molecule has 0 saturated carbocycles. The van der Waals surface area contributed by atoms with Crippen LogP contribution in [-0.4, -0.2) is 16.2 Å². The molecule has 1 atom stereocenters. The van der Waals surface area contributed by atoms with Gasteiger partial charge in [-0.1, -0.05) is 6.07 Å². The quantitative estimate of drug-likeness (QED) is 0.769. The maximum Gasteiger partial charge on any atom is 0.405 e. The molecule has 2 aromatic heterocycles. The van der Waals surface area contributed by atoms with E-state index >= 15 is 0 Å². The summed E-state index contributed by atoms with van der Waals surface area (Å²) in [5, 5.41) is 11.8. The molecule has 0 saturated heterocycles. The summed E-state index contributed by atoms with van der Waals surface area (Å²) in [6.07, 6.45) is 2.11. The van der Waals surface area contributed by atoms with Gasteiger partial charge < -0.3 is 14.8 Å². The van der Waals surface area contributed by atoms with Gasteiger partial charge in [-0.25, -0.2) is 4.79 Å². The second-order valence-corrected chi connectivity index (χ2v) is 5.62. The fraction of sp³-hybridized carbons (Fsp3) is 0.167. The average Bonchev–Trinajstić information content (AvgIpc) is 2.55. The van der Waals surface area contributed by atoms with E-state index in [4.69, 9.17) is 9.52 Å². The molecule has 6 nitrogen and oxygen atoms in total. The van der Waals surface area contributed by atoms with Crippen molar-refractivity contribution in [1.29, 1.82) is 0 Å². The Morgan fingerprint density at radius 2 is 2.12 bits per heavy atom. The van der Waals surface area contributed by atoms with Crippen molar-refractivity contribution in [3.05, 3.63) is 64.1 Å². The molecule has 122 valence electrons. The van der Waals surface area contributed by atoms with Crippen molar-refractivity contribution in [2.45, 2.75) is 19.9 Å². The molecular formula is C18H16N2O4. The third kappa shape index (κ3) is 2.99. The molecule has 3 rings (SSSR count). The van der Waals surface area contributed by atoms with Crippen LogP contribution in [0, 0.1) is 6.92 Å². The van der Waals surface area contributed by atoms with E-state index < -0.39 is 12.1 Å². The summed E-state index contributed by atoms with van der Waals surface area (Å²) in [6.45, 7) is 3.56. The highest BCUT2D eigenvalue weighted by atomic mass is 16.4. The Hall–Kier alpha value is -3.15. The van der Waals surface area contributed by atoms with Crippen LogP contribution >= 0.6 is 0 Å². The van der Waals surface area contributed by atoms with Crippen LogP contribution in [0.3, 0.4) is 0 Å². The highest BCUT2D eigenvalue weighted by molar-refractivity contribution is 5.83.